The lowest BCUT2D eigenvalue weighted by Gasteiger charge is -2.27. The first-order valence-electron chi connectivity index (χ1n) is 7.56. The zero-order valence-electron chi connectivity index (χ0n) is 13.2. The Balaban J connectivity index is 0.00000169. The number of rotatable bonds is 2. The zero-order chi connectivity index (χ0) is 16.2. The number of anilines is 1. The molecule has 0 aromatic heterocycles. The predicted octanol–water partition coefficient (Wildman–Crippen LogP) is 1.45. The van der Waals surface area contributed by atoms with Crippen molar-refractivity contribution in [2.45, 2.75) is 4.90 Å². The van der Waals surface area contributed by atoms with Crippen LogP contribution in [-0.4, -0.2) is 51.9 Å². The van der Waals surface area contributed by atoms with E-state index >= 15 is 0 Å². The van der Waals surface area contributed by atoms with Gasteiger partial charge in [0, 0.05) is 49.6 Å². The molecule has 24 heavy (non-hydrogen) atoms. The summed E-state index contributed by atoms with van der Waals surface area (Å²) in [4.78, 5) is 14.1. The molecule has 2 aromatic carbocycles. The van der Waals surface area contributed by atoms with E-state index in [1.54, 1.807) is 42.3 Å². The average molecular weight is 368 g/mol. The molecule has 1 amide bonds. The third-order valence-corrected chi connectivity index (χ3v) is 6.53. The number of hydrogen-bond donors (Lipinski definition) is 1. The van der Waals surface area contributed by atoms with Crippen molar-refractivity contribution >= 4 is 44.8 Å². The molecule has 2 aromatic rings. The van der Waals surface area contributed by atoms with E-state index < -0.39 is 10.0 Å². The molecule has 2 heterocycles. The Labute approximate surface area is 146 Å². The van der Waals surface area contributed by atoms with Crippen LogP contribution in [-0.2, 0) is 10.0 Å². The molecule has 2 aliphatic rings. The van der Waals surface area contributed by atoms with Gasteiger partial charge in [-0.05, 0) is 18.2 Å². The third-order valence-electron chi connectivity index (χ3n) is 4.57. The molecule has 1 fully saturated rings. The van der Waals surface area contributed by atoms with E-state index in [2.05, 4.69) is 5.32 Å². The molecule has 1 saturated heterocycles. The first-order chi connectivity index (χ1) is 11.0. The molecule has 6 nitrogen and oxygen atoms in total. The number of benzene rings is 2. The molecule has 0 saturated carbocycles. The van der Waals surface area contributed by atoms with E-state index in [0.29, 0.717) is 37.1 Å². The molecule has 0 atom stereocenters. The number of halogens is 1. The Hall–Kier alpha value is -1.67. The van der Waals surface area contributed by atoms with Gasteiger partial charge in [0.2, 0.25) is 10.0 Å². The van der Waals surface area contributed by atoms with Gasteiger partial charge in [0.15, 0.2) is 0 Å². The third kappa shape index (κ3) is 2.31. The molecule has 8 heteroatoms. The van der Waals surface area contributed by atoms with E-state index in [-0.39, 0.29) is 23.2 Å². The van der Waals surface area contributed by atoms with Gasteiger partial charge in [0.1, 0.15) is 0 Å². The Morgan fingerprint density at radius 1 is 1.08 bits per heavy atom. The van der Waals surface area contributed by atoms with E-state index in [1.807, 2.05) is 0 Å². The fourth-order valence-corrected chi connectivity index (χ4v) is 4.99. The molecule has 128 valence electrons. The number of sulfonamides is 1. The van der Waals surface area contributed by atoms with Crippen molar-refractivity contribution in [1.29, 1.82) is 0 Å². The van der Waals surface area contributed by atoms with Gasteiger partial charge in [-0.2, -0.15) is 4.31 Å². The average Bonchev–Trinajstić information content (AvgIpc) is 2.83. The highest BCUT2D eigenvalue weighted by atomic mass is 35.5. The fourth-order valence-electron chi connectivity index (χ4n) is 3.36. The highest BCUT2D eigenvalue weighted by Gasteiger charge is 2.32. The normalized spacial score (nSPS) is 18.0. The summed E-state index contributed by atoms with van der Waals surface area (Å²) in [6.07, 6.45) is 0. The maximum absolute atomic E-state index is 13.0. The fraction of sp³-hybridized carbons (Fsp3) is 0.312. The summed E-state index contributed by atoms with van der Waals surface area (Å²) < 4.78 is 27.5. The van der Waals surface area contributed by atoms with Crippen LogP contribution < -0.4 is 10.2 Å². The van der Waals surface area contributed by atoms with Gasteiger partial charge in [-0.25, -0.2) is 8.42 Å². The Morgan fingerprint density at radius 2 is 1.79 bits per heavy atom. The minimum Gasteiger partial charge on any atom is -0.314 e. The molecule has 0 bridgehead atoms. The summed E-state index contributed by atoms with van der Waals surface area (Å²) in [5, 5.41) is 4.51. The monoisotopic (exact) mass is 367 g/mol. The summed E-state index contributed by atoms with van der Waals surface area (Å²) in [6, 6.07) is 8.62. The van der Waals surface area contributed by atoms with Crippen molar-refractivity contribution in [3.63, 3.8) is 0 Å². The Kier molecular flexibility index (Phi) is 4.29. The zero-order valence-corrected chi connectivity index (χ0v) is 14.8. The van der Waals surface area contributed by atoms with Crippen LogP contribution >= 0.6 is 12.4 Å². The maximum Gasteiger partial charge on any atom is 0.258 e. The molecular formula is C16H18ClN3O3S. The van der Waals surface area contributed by atoms with Crippen molar-refractivity contribution in [1.82, 2.24) is 9.62 Å². The van der Waals surface area contributed by atoms with Crippen LogP contribution in [0, 0.1) is 0 Å². The number of hydrogen-bond acceptors (Lipinski definition) is 4. The second-order valence-corrected chi connectivity index (χ2v) is 7.74. The maximum atomic E-state index is 13.0. The molecule has 0 aliphatic carbocycles. The van der Waals surface area contributed by atoms with Crippen molar-refractivity contribution in [2.75, 3.05) is 38.1 Å². The second-order valence-electron chi connectivity index (χ2n) is 5.83. The van der Waals surface area contributed by atoms with Gasteiger partial charge < -0.3 is 10.2 Å². The van der Waals surface area contributed by atoms with Gasteiger partial charge in [0.25, 0.3) is 5.91 Å². The number of piperazine rings is 1. The molecule has 0 unspecified atom stereocenters. The van der Waals surface area contributed by atoms with E-state index in [9.17, 15) is 13.2 Å². The number of carbonyl (C=O) groups excluding carboxylic acids is 1. The topological polar surface area (TPSA) is 69.7 Å². The first kappa shape index (κ1) is 17.2. The quantitative estimate of drug-likeness (QED) is 0.872. The van der Waals surface area contributed by atoms with Crippen LogP contribution in [0.3, 0.4) is 0 Å². The van der Waals surface area contributed by atoms with Crippen LogP contribution in [0.2, 0.25) is 0 Å². The van der Waals surface area contributed by atoms with Gasteiger partial charge >= 0.3 is 0 Å². The van der Waals surface area contributed by atoms with Crippen LogP contribution in [0.4, 0.5) is 5.69 Å². The van der Waals surface area contributed by atoms with Gasteiger partial charge in [-0.3, -0.25) is 4.79 Å². The molecule has 1 N–H and O–H groups in total. The SMILES string of the molecule is CN1C(=O)c2cccc3c(S(=O)(=O)N4CCNCC4)ccc1c23.Cl. The Morgan fingerprint density at radius 3 is 2.50 bits per heavy atom. The summed E-state index contributed by atoms with van der Waals surface area (Å²) >= 11 is 0. The lowest BCUT2D eigenvalue weighted by molar-refractivity contribution is 0.0999. The number of carbonyl (C=O) groups is 1. The van der Waals surface area contributed by atoms with Crippen molar-refractivity contribution < 1.29 is 13.2 Å². The van der Waals surface area contributed by atoms with Crippen molar-refractivity contribution in [2.24, 2.45) is 0 Å². The van der Waals surface area contributed by atoms with Crippen LogP contribution in [0.15, 0.2) is 35.2 Å². The first-order valence-corrected chi connectivity index (χ1v) is 9.00. The molecule has 0 radical (unpaired) electrons. The smallest absolute Gasteiger partial charge is 0.258 e. The molecule has 0 spiro atoms. The van der Waals surface area contributed by atoms with Crippen LogP contribution in [0.5, 0.6) is 0 Å². The summed E-state index contributed by atoms with van der Waals surface area (Å²) in [5.41, 5.74) is 1.33. The largest absolute Gasteiger partial charge is 0.314 e. The van der Waals surface area contributed by atoms with Gasteiger partial charge in [-0.1, -0.05) is 12.1 Å². The lowest BCUT2D eigenvalue weighted by Crippen LogP contribution is -2.46. The van der Waals surface area contributed by atoms with Crippen LogP contribution in [0.1, 0.15) is 10.4 Å². The predicted molar refractivity (Wildman–Crippen MR) is 95.6 cm³/mol. The number of nitrogens with zero attached hydrogens (tertiary/aromatic N) is 2. The number of nitrogens with one attached hydrogen (secondary N) is 1. The van der Waals surface area contributed by atoms with Crippen LogP contribution in [0.25, 0.3) is 10.8 Å². The van der Waals surface area contributed by atoms with Gasteiger partial charge in [0.05, 0.1) is 10.6 Å². The summed E-state index contributed by atoms with van der Waals surface area (Å²) in [7, 11) is -1.86. The van der Waals surface area contributed by atoms with E-state index in [0.717, 1.165) is 11.1 Å². The second kappa shape index (κ2) is 6.00. The standard InChI is InChI=1S/C16H17N3O3S.ClH/c1-18-13-5-6-14(23(21,22)19-9-7-17-8-10-19)11-3-2-4-12(15(11)13)16(18)20;/h2-6,17H,7-10H2,1H3;1H. The molecule has 4 rings (SSSR count). The van der Waals surface area contributed by atoms with Gasteiger partial charge in [-0.15, -0.1) is 12.4 Å². The highest BCUT2D eigenvalue weighted by molar-refractivity contribution is 7.89. The van der Waals surface area contributed by atoms with Crippen molar-refractivity contribution in [3.8, 4) is 0 Å². The summed E-state index contributed by atoms with van der Waals surface area (Å²) in [5.74, 6) is -0.0951. The molecule has 2 aliphatic heterocycles. The molecular weight excluding hydrogens is 350 g/mol. The summed E-state index contributed by atoms with van der Waals surface area (Å²) in [6.45, 7) is 2.23. The van der Waals surface area contributed by atoms with E-state index in [1.165, 1.54) is 4.31 Å². The van der Waals surface area contributed by atoms with Crippen molar-refractivity contribution in [3.05, 3.63) is 35.9 Å². The van der Waals surface area contributed by atoms with E-state index in [4.69, 9.17) is 0 Å². The lowest BCUT2D eigenvalue weighted by atomic mass is 10.1. The number of amides is 1. The Bertz CT molecular complexity index is 924. The minimum atomic E-state index is -3.57. The highest BCUT2D eigenvalue weighted by Crippen LogP contribution is 2.39. The minimum absolute atomic E-state index is 0.